The number of ether oxygens (including phenoxy) is 1. The molecule has 7 nitrogen and oxygen atoms in total. The summed E-state index contributed by atoms with van der Waals surface area (Å²) in [7, 11) is 0. The fourth-order valence-corrected chi connectivity index (χ4v) is 4.15. The Balaban J connectivity index is 1.33. The Morgan fingerprint density at radius 2 is 1.59 bits per heavy atom. The van der Waals surface area contributed by atoms with Crippen molar-refractivity contribution in [1.82, 2.24) is 14.9 Å². The lowest BCUT2D eigenvalue weighted by molar-refractivity contribution is -0.121. The monoisotopic (exact) mass is 428 g/mol. The molecule has 1 N–H and O–H groups in total. The number of para-hydroxylation sites is 2. The van der Waals surface area contributed by atoms with E-state index in [0.717, 1.165) is 35.5 Å². The smallest absolute Gasteiger partial charge is 0.240 e. The van der Waals surface area contributed by atoms with Gasteiger partial charge < -0.3 is 19.5 Å². The van der Waals surface area contributed by atoms with Crippen LogP contribution in [0.3, 0.4) is 0 Å². The Morgan fingerprint density at radius 3 is 2.22 bits per heavy atom. The molecule has 0 bridgehead atoms. The molecule has 0 radical (unpaired) electrons. The highest BCUT2D eigenvalue weighted by molar-refractivity contribution is 5.94. The molecule has 4 aromatic rings. The van der Waals surface area contributed by atoms with E-state index in [0.29, 0.717) is 30.5 Å². The van der Waals surface area contributed by atoms with E-state index in [1.54, 1.807) is 18.3 Å². The number of aromatic nitrogens is 2. The van der Waals surface area contributed by atoms with Gasteiger partial charge in [-0.25, -0.2) is 4.98 Å². The molecule has 0 saturated carbocycles. The number of carbonyl (C=O) groups excluding carboxylic acids is 1. The summed E-state index contributed by atoms with van der Waals surface area (Å²) >= 11 is 0. The Kier molecular flexibility index (Phi) is 5.56. The van der Waals surface area contributed by atoms with E-state index in [-0.39, 0.29) is 17.9 Å². The van der Waals surface area contributed by atoms with Crippen molar-refractivity contribution in [2.24, 2.45) is 0 Å². The highest BCUT2D eigenvalue weighted by Crippen LogP contribution is 2.19. The minimum Gasteiger partial charge on any atom is -0.378 e. The normalized spacial score (nSPS) is 14.1. The second-order valence-electron chi connectivity index (χ2n) is 7.85. The first-order valence-electron chi connectivity index (χ1n) is 10.8. The van der Waals surface area contributed by atoms with Crippen molar-refractivity contribution >= 4 is 33.5 Å². The average molecular weight is 428 g/mol. The molecule has 32 heavy (non-hydrogen) atoms. The van der Waals surface area contributed by atoms with Crippen molar-refractivity contribution in [1.29, 1.82) is 0 Å². The molecule has 3 heterocycles. The first kappa shape index (κ1) is 20.2. The molecule has 1 fully saturated rings. The zero-order chi connectivity index (χ0) is 21.9. The number of carbonyl (C=O) groups is 1. The lowest BCUT2D eigenvalue weighted by atomic mass is 10.1. The second-order valence-corrected chi connectivity index (χ2v) is 7.85. The summed E-state index contributed by atoms with van der Waals surface area (Å²) in [5.41, 5.74) is 2.43. The summed E-state index contributed by atoms with van der Waals surface area (Å²) in [6, 6.07) is 18.8. The number of anilines is 1. The maximum Gasteiger partial charge on any atom is 0.240 e. The molecule has 1 aliphatic rings. The average Bonchev–Trinajstić information content (AvgIpc) is 2.86. The van der Waals surface area contributed by atoms with Gasteiger partial charge >= 0.3 is 0 Å². The van der Waals surface area contributed by atoms with E-state index in [2.05, 4.69) is 15.2 Å². The van der Waals surface area contributed by atoms with Crippen LogP contribution in [-0.4, -0.2) is 41.8 Å². The molecular weight excluding hydrogens is 404 g/mol. The van der Waals surface area contributed by atoms with Gasteiger partial charge in [-0.3, -0.25) is 9.59 Å². The van der Waals surface area contributed by atoms with Gasteiger partial charge in [0.1, 0.15) is 12.4 Å². The second kappa shape index (κ2) is 8.80. The molecule has 0 spiro atoms. The maximum atomic E-state index is 12.8. The zero-order valence-corrected chi connectivity index (χ0v) is 17.7. The molecular formula is C25H24N4O3. The third kappa shape index (κ3) is 3.94. The molecule has 0 atom stereocenters. The van der Waals surface area contributed by atoms with Crippen LogP contribution in [0.4, 0.5) is 5.82 Å². The fraction of sp³-hybridized carbons (Fsp3) is 0.240. The van der Waals surface area contributed by atoms with Crippen LogP contribution >= 0.6 is 0 Å². The summed E-state index contributed by atoms with van der Waals surface area (Å²) in [4.78, 5) is 32.4. The molecule has 5 rings (SSSR count). The summed E-state index contributed by atoms with van der Waals surface area (Å²) in [6.07, 6.45) is 1.80. The number of hydrogen-bond donors (Lipinski definition) is 1. The van der Waals surface area contributed by atoms with Crippen LogP contribution in [0.1, 0.15) is 5.56 Å². The van der Waals surface area contributed by atoms with Crippen molar-refractivity contribution in [2.45, 2.75) is 13.1 Å². The number of fused-ring (bicyclic) bond motifs is 2. The number of hydrogen-bond acceptors (Lipinski definition) is 5. The van der Waals surface area contributed by atoms with E-state index < -0.39 is 0 Å². The maximum absolute atomic E-state index is 12.8. The van der Waals surface area contributed by atoms with Gasteiger partial charge in [-0.1, -0.05) is 30.3 Å². The molecule has 1 amide bonds. The van der Waals surface area contributed by atoms with Crippen LogP contribution in [0.25, 0.3) is 21.8 Å². The Bertz CT molecular complexity index is 1260. The van der Waals surface area contributed by atoms with Gasteiger partial charge in [-0.15, -0.1) is 0 Å². The lowest BCUT2D eigenvalue weighted by Crippen LogP contribution is -2.36. The molecule has 2 aromatic heterocycles. The van der Waals surface area contributed by atoms with E-state index >= 15 is 0 Å². The lowest BCUT2D eigenvalue weighted by Gasteiger charge is -2.27. The summed E-state index contributed by atoms with van der Waals surface area (Å²) in [5.74, 6) is 0.802. The van der Waals surface area contributed by atoms with Crippen molar-refractivity contribution in [2.75, 3.05) is 31.2 Å². The molecule has 0 aliphatic carbocycles. The molecule has 2 aromatic carbocycles. The number of rotatable bonds is 5. The van der Waals surface area contributed by atoms with E-state index in [1.807, 2.05) is 53.1 Å². The Labute approximate surface area is 185 Å². The van der Waals surface area contributed by atoms with E-state index in [4.69, 9.17) is 4.74 Å². The highest BCUT2D eigenvalue weighted by atomic mass is 16.5. The van der Waals surface area contributed by atoms with Crippen molar-refractivity contribution in [3.63, 3.8) is 0 Å². The van der Waals surface area contributed by atoms with Gasteiger partial charge in [-0.05, 0) is 35.9 Å². The van der Waals surface area contributed by atoms with Gasteiger partial charge in [0.2, 0.25) is 5.91 Å². The summed E-state index contributed by atoms with van der Waals surface area (Å²) < 4.78 is 7.29. The largest absolute Gasteiger partial charge is 0.378 e. The number of pyridine rings is 2. The summed E-state index contributed by atoms with van der Waals surface area (Å²) in [5, 5.41) is 4.20. The SMILES string of the molecule is O=C(Cn1c2ccccc2c(=O)c2ccccc21)NCc1ccc(N2CCOCC2)nc1. The van der Waals surface area contributed by atoms with Crippen LogP contribution < -0.4 is 15.6 Å². The predicted octanol–water partition coefficient (Wildman–Crippen LogP) is 2.70. The molecule has 162 valence electrons. The number of nitrogens with one attached hydrogen (secondary N) is 1. The number of amides is 1. The van der Waals surface area contributed by atoms with Gasteiger partial charge in [0.05, 0.1) is 24.2 Å². The van der Waals surface area contributed by atoms with Crippen molar-refractivity contribution < 1.29 is 9.53 Å². The third-order valence-corrected chi connectivity index (χ3v) is 5.81. The molecule has 7 heteroatoms. The Morgan fingerprint density at radius 1 is 0.938 bits per heavy atom. The first-order chi connectivity index (χ1) is 15.7. The number of nitrogens with zero attached hydrogens (tertiary/aromatic N) is 3. The van der Waals surface area contributed by atoms with Gasteiger partial charge in [0, 0.05) is 36.6 Å². The fourth-order valence-electron chi connectivity index (χ4n) is 4.15. The first-order valence-corrected chi connectivity index (χ1v) is 10.8. The van der Waals surface area contributed by atoms with E-state index in [1.165, 1.54) is 0 Å². The summed E-state index contributed by atoms with van der Waals surface area (Å²) in [6.45, 7) is 3.63. The molecule has 1 aliphatic heterocycles. The highest BCUT2D eigenvalue weighted by Gasteiger charge is 2.14. The van der Waals surface area contributed by atoms with Crippen LogP contribution in [0, 0.1) is 0 Å². The van der Waals surface area contributed by atoms with Crippen molar-refractivity contribution in [3.05, 3.63) is 82.6 Å². The van der Waals surface area contributed by atoms with Crippen LogP contribution in [0.2, 0.25) is 0 Å². The minimum atomic E-state index is -0.124. The van der Waals surface area contributed by atoms with Gasteiger partial charge in [0.25, 0.3) is 0 Å². The minimum absolute atomic E-state index is 0.0145. The van der Waals surface area contributed by atoms with Crippen LogP contribution in [0.15, 0.2) is 71.7 Å². The predicted molar refractivity (Wildman–Crippen MR) is 125 cm³/mol. The number of benzene rings is 2. The molecule has 0 unspecified atom stereocenters. The number of morpholine rings is 1. The van der Waals surface area contributed by atoms with Crippen LogP contribution in [0.5, 0.6) is 0 Å². The van der Waals surface area contributed by atoms with Crippen molar-refractivity contribution in [3.8, 4) is 0 Å². The Hall–Kier alpha value is -3.71. The zero-order valence-electron chi connectivity index (χ0n) is 17.7. The third-order valence-electron chi connectivity index (χ3n) is 5.81. The van der Waals surface area contributed by atoms with Gasteiger partial charge in [0.15, 0.2) is 5.43 Å². The topological polar surface area (TPSA) is 76.5 Å². The molecule has 1 saturated heterocycles. The van der Waals surface area contributed by atoms with Gasteiger partial charge in [-0.2, -0.15) is 0 Å². The standard InChI is InChI=1S/C25H24N4O3/c30-24(27-16-18-9-10-23(26-15-18)28-11-13-32-14-12-28)17-29-21-7-3-1-5-19(21)25(31)20-6-2-4-8-22(20)29/h1-10,15H,11-14,16-17H2,(H,27,30). The quantitative estimate of drug-likeness (QED) is 0.495. The van der Waals surface area contributed by atoms with Crippen LogP contribution in [-0.2, 0) is 22.6 Å². The van der Waals surface area contributed by atoms with E-state index in [9.17, 15) is 9.59 Å².